The molecule has 0 unspecified atom stereocenters. The zero-order valence-corrected chi connectivity index (χ0v) is 11.5. The van der Waals surface area contributed by atoms with Gasteiger partial charge in [0, 0.05) is 28.6 Å². The molecule has 0 aliphatic rings. The molecule has 0 aliphatic carbocycles. The normalized spacial score (nSPS) is 10.7. The number of carbonyl (C=O) groups is 2. The molecule has 0 fully saturated rings. The van der Waals surface area contributed by atoms with Gasteiger partial charge in [-0.2, -0.15) is 0 Å². The Bertz CT molecular complexity index is 775. The van der Waals surface area contributed by atoms with Crippen molar-refractivity contribution in [2.45, 2.75) is 26.2 Å². The Labute approximate surface area is 120 Å². The van der Waals surface area contributed by atoms with Crippen molar-refractivity contribution in [1.82, 2.24) is 4.98 Å². The fourth-order valence-electron chi connectivity index (χ4n) is 2.32. The van der Waals surface area contributed by atoms with Crippen LogP contribution >= 0.6 is 0 Å². The van der Waals surface area contributed by atoms with Crippen LogP contribution in [0.4, 0.5) is 0 Å². The number of hydrogen-bond donors (Lipinski definition) is 3. The van der Waals surface area contributed by atoms with Crippen LogP contribution in [-0.2, 0) is 22.4 Å². The predicted octanol–water partition coefficient (Wildman–Crippen LogP) is 1.48. The lowest BCUT2D eigenvalue weighted by molar-refractivity contribution is -0.137. The number of H-pyrrole nitrogens is 1. The lowest BCUT2D eigenvalue weighted by atomic mass is 10.0. The fraction of sp³-hybridized carbons (Fsp3) is 0.267. The maximum atomic E-state index is 12.4. The molecule has 6 heteroatoms. The lowest BCUT2D eigenvalue weighted by Crippen LogP contribution is -2.15. The quantitative estimate of drug-likeness (QED) is 0.772. The first-order valence-corrected chi connectivity index (χ1v) is 6.46. The molecule has 1 heterocycles. The molecule has 0 bridgehead atoms. The van der Waals surface area contributed by atoms with Crippen LogP contribution < -0.4 is 5.43 Å². The minimum Gasteiger partial charge on any atom is -0.481 e. The molecule has 6 nitrogen and oxygen atoms in total. The zero-order valence-electron chi connectivity index (χ0n) is 11.5. The summed E-state index contributed by atoms with van der Waals surface area (Å²) in [6.07, 6.45) is -0.131. The van der Waals surface area contributed by atoms with E-state index in [1.807, 2.05) is 0 Å². The molecule has 1 aromatic heterocycles. The average molecular weight is 289 g/mol. The highest BCUT2D eigenvalue weighted by Crippen LogP contribution is 2.15. The van der Waals surface area contributed by atoms with Crippen LogP contribution in [0, 0.1) is 6.92 Å². The molecule has 2 aromatic rings. The number of aromatic amines is 1. The van der Waals surface area contributed by atoms with Crippen molar-refractivity contribution in [1.29, 1.82) is 0 Å². The van der Waals surface area contributed by atoms with E-state index in [1.165, 1.54) is 0 Å². The molecule has 0 amide bonds. The zero-order chi connectivity index (χ0) is 15.6. The molecule has 0 atom stereocenters. The number of pyridine rings is 1. The van der Waals surface area contributed by atoms with E-state index in [4.69, 9.17) is 10.2 Å². The van der Waals surface area contributed by atoms with Gasteiger partial charge in [-0.15, -0.1) is 0 Å². The third kappa shape index (κ3) is 3.28. The number of benzene rings is 1. The van der Waals surface area contributed by atoms with Crippen molar-refractivity contribution < 1.29 is 19.8 Å². The van der Waals surface area contributed by atoms with E-state index in [-0.39, 0.29) is 24.7 Å². The first kappa shape index (κ1) is 14.8. The molecule has 110 valence electrons. The van der Waals surface area contributed by atoms with Gasteiger partial charge in [0.25, 0.3) is 0 Å². The Morgan fingerprint density at radius 1 is 1.19 bits per heavy atom. The van der Waals surface area contributed by atoms with Gasteiger partial charge in [-0.1, -0.05) is 6.07 Å². The van der Waals surface area contributed by atoms with Crippen molar-refractivity contribution >= 4 is 22.8 Å². The van der Waals surface area contributed by atoms with Gasteiger partial charge in [0.15, 0.2) is 5.43 Å². The van der Waals surface area contributed by atoms with Crippen molar-refractivity contribution in [3.63, 3.8) is 0 Å². The molecule has 0 aliphatic heterocycles. The largest absolute Gasteiger partial charge is 0.481 e. The van der Waals surface area contributed by atoms with E-state index in [0.29, 0.717) is 27.7 Å². The van der Waals surface area contributed by atoms with Crippen LogP contribution in [0.3, 0.4) is 0 Å². The van der Waals surface area contributed by atoms with Gasteiger partial charge < -0.3 is 15.2 Å². The molecule has 0 saturated heterocycles. The molecular formula is C15H15NO5. The average Bonchev–Trinajstić information content (AvgIpc) is 2.38. The summed E-state index contributed by atoms with van der Waals surface area (Å²) in [5.74, 6) is -1.93. The SMILES string of the molecule is Cc1[nH]c2ccc(CC(=O)O)cc2c(=O)c1CCC(=O)O. The number of carboxylic acids is 2. The third-order valence-corrected chi connectivity index (χ3v) is 3.32. The third-order valence-electron chi connectivity index (χ3n) is 3.32. The van der Waals surface area contributed by atoms with Gasteiger partial charge in [0.2, 0.25) is 0 Å². The number of hydrogen-bond acceptors (Lipinski definition) is 3. The number of nitrogens with one attached hydrogen (secondary N) is 1. The van der Waals surface area contributed by atoms with Gasteiger partial charge in [0.1, 0.15) is 0 Å². The van der Waals surface area contributed by atoms with Gasteiger partial charge in [-0.3, -0.25) is 14.4 Å². The van der Waals surface area contributed by atoms with Gasteiger partial charge in [0.05, 0.1) is 6.42 Å². The summed E-state index contributed by atoms with van der Waals surface area (Å²) in [5.41, 5.74) is 1.98. The highest BCUT2D eigenvalue weighted by molar-refractivity contribution is 5.82. The summed E-state index contributed by atoms with van der Waals surface area (Å²) < 4.78 is 0. The van der Waals surface area contributed by atoms with Crippen LogP contribution in [0.2, 0.25) is 0 Å². The number of aryl methyl sites for hydroxylation is 1. The Kier molecular flexibility index (Phi) is 4.07. The second-order valence-corrected chi connectivity index (χ2v) is 4.90. The fourth-order valence-corrected chi connectivity index (χ4v) is 2.32. The lowest BCUT2D eigenvalue weighted by Gasteiger charge is -2.08. The summed E-state index contributed by atoms with van der Waals surface area (Å²) >= 11 is 0. The van der Waals surface area contributed by atoms with Crippen molar-refractivity contribution in [3.05, 3.63) is 45.2 Å². The molecule has 0 spiro atoms. The highest BCUT2D eigenvalue weighted by Gasteiger charge is 2.12. The van der Waals surface area contributed by atoms with E-state index >= 15 is 0 Å². The summed E-state index contributed by atoms with van der Waals surface area (Å²) in [5, 5.41) is 17.9. The number of aromatic nitrogens is 1. The summed E-state index contributed by atoms with van der Waals surface area (Å²) in [6.45, 7) is 1.73. The minimum absolute atomic E-state index is 0.121. The molecule has 21 heavy (non-hydrogen) atoms. The van der Waals surface area contributed by atoms with Crippen molar-refractivity contribution in [2.24, 2.45) is 0 Å². The molecule has 2 rings (SSSR count). The van der Waals surface area contributed by atoms with E-state index < -0.39 is 11.9 Å². The van der Waals surface area contributed by atoms with Gasteiger partial charge in [-0.05, 0) is 31.0 Å². The second-order valence-electron chi connectivity index (χ2n) is 4.90. The molecule has 0 radical (unpaired) electrons. The number of aliphatic carboxylic acids is 2. The van der Waals surface area contributed by atoms with E-state index in [1.54, 1.807) is 25.1 Å². The van der Waals surface area contributed by atoms with Gasteiger partial charge in [-0.25, -0.2) is 0 Å². The second kappa shape index (κ2) is 5.78. The number of rotatable bonds is 5. The van der Waals surface area contributed by atoms with E-state index in [0.717, 1.165) is 0 Å². The first-order chi connectivity index (χ1) is 9.88. The van der Waals surface area contributed by atoms with Crippen LogP contribution in [-0.4, -0.2) is 27.1 Å². The maximum Gasteiger partial charge on any atom is 0.307 e. The van der Waals surface area contributed by atoms with Crippen LogP contribution in [0.5, 0.6) is 0 Å². The molecule has 0 saturated carbocycles. The summed E-state index contributed by atoms with van der Waals surface area (Å²) in [7, 11) is 0. The summed E-state index contributed by atoms with van der Waals surface area (Å²) in [4.78, 5) is 36.9. The van der Waals surface area contributed by atoms with Crippen LogP contribution in [0.15, 0.2) is 23.0 Å². The molecule has 3 N–H and O–H groups in total. The van der Waals surface area contributed by atoms with Crippen LogP contribution in [0.25, 0.3) is 10.9 Å². The van der Waals surface area contributed by atoms with Crippen LogP contribution in [0.1, 0.15) is 23.2 Å². The number of fused-ring (bicyclic) bond motifs is 1. The first-order valence-electron chi connectivity index (χ1n) is 6.46. The smallest absolute Gasteiger partial charge is 0.307 e. The number of carboxylic acid groups (broad SMARTS) is 2. The van der Waals surface area contributed by atoms with E-state index in [2.05, 4.69) is 4.98 Å². The molecular weight excluding hydrogens is 274 g/mol. The summed E-state index contributed by atoms with van der Waals surface area (Å²) in [6, 6.07) is 4.87. The predicted molar refractivity (Wildman–Crippen MR) is 76.6 cm³/mol. The molecule has 1 aromatic carbocycles. The van der Waals surface area contributed by atoms with Crippen molar-refractivity contribution in [2.75, 3.05) is 0 Å². The maximum absolute atomic E-state index is 12.4. The van der Waals surface area contributed by atoms with E-state index in [9.17, 15) is 14.4 Å². The monoisotopic (exact) mass is 289 g/mol. The van der Waals surface area contributed by atoms with Gasteiger partial charge >= 0.3 is 11.9 Å². The Hall–Kier alpha value is -2.63. The standard InChI is InChI=1S/C15H15NO5/c1-8-10(3-5-13(17)18)15(21)11-6-9(7-14(19)20)2-4-12(11)16-8/h2,4,6H,3,5,7H2,1H3,(H,16,21)(H,17,18)(H,19,20). The topological polar surface area (TPSA) is 107 Å². The van der Waals surface area contributed by atoms with Crippen molar-refractivity contribution in [3.8, 4) is 0 Å². The Morgan fingerprint density at radius 3 is 2.52 bits per heavy atom. The Balaban J connectivity index is 2.53. The highest BCUT2D eigenvalue weighted by atomic mass is 16.4. The Morgan fingerprint density at radius 2 is 1.90 bits per heavy atom. The minimum atomic E-state index is -0.969.